The highest BCUT2D eigenvalue weighted by Crippen LogP contribution is 2.33. The molecule has 0 amide bonds. The summed E-state index contributed by atoms with van der Waals surface area (Å²) in [5.41, 5.74) is 3.79. The number of hydrogen-bond acceptors (Lipinski definition) is 6. The van der Waals surface area contributed by atoms with E-state index in [1.807, 2.05) is 19.1 Å². The van der Waals surface area contributed by atoms with Gasteiger partial charge in [0.15, 0.2) is 5.69 Å². The predicted molar refractivity (Wildman–Crippen MR) is 119 cm³/mol. The van der Waals surface area contributed by atoms with Crippen molar-refractivity contribution in [3.8, 4) is 23.0 Å². The minimum absolute atomic E-state index is 0.0400. The molecule has 0 saturated heterocycles. The molecule has 1 aliphatic rings. The molecule has 3 heterocycles. The second kappa shape index (κ2) is 7.89. The summed E-state index contributed by atoms with van der Waals surface area (Å²) in [7, 11) is -1.91. The van der Waals surface area contributed by atoms with E-state index in [2.05, 4.69) is 15.3 Å². The van der Waals surface area contributed by atoms with Crippen molar-refractivity contribution < 1.29 is 17.2 Å². The SMILES string of the molecule is Cc1ccc(C)c(S(=O)(=O)N2CCc3c(c(-c4nnc(-c5ccccc5F)o4)nn3C)C2)c1. The van der Waals surface area contributed by atoms with Crippen LogP contribution in [0.5, 0.6) is 0 Å². The van der Waals surface area contributed by atoms with Crippen LogP contribution < -0.4 is 0 Å². The smallest absolute Gasteiger partial charge is 0.268 e. The fourth-order valence-electron chi connectivity index (χ4n) is 4.13. The van der Waals surface area contributed by atoms with E-state index in [0.717, 1.165) is 11.3 Å². The minimum atomic E-state index is -3.71. The zero-order valence-corrected chi connectivity index (χ0v) is 19.2. The molecule has 10 heteroatoms. The first-order valence-electron chi connectivity index (χ1n) is 10.5. The average Bonchev–Trinajstić information content (AvgIpc) is 3.40. The van der Waals surface area contributed by atoms with Gasteiger partial charge < -0.3 is 4.42 Å². The van der Waals surface area contributed by atoms with E-state index in [-0.39, 0.29) is 23.9 Å². The highest BCUT2D eigenvalue weighted by molar-refractivity contribution is 7.89. The summed E-state index contributed by atoms with van der Waals surface area (Å²) in [6.07, 6.45) is 0.497. The topological polar surface area (TPSA) is 94.1 Å². The Morgan fingerprint density at radius 3 is 2.61 bits per heavy atom. The Hall–Kier alpha value is -3.37. The Morgan fingerprint density at radius 1 is 1.06 bits per heavy atom. The monoisotopic (exact) mass is 467 g/mol. The van der Waals surface area contributed by atoms with Crippen LogP contribution in [-0.2, 0) is 30.0 Å². The van der Waals surface area contributed by atoms with Gasteiger partial charge in [-0.3, -0.25) is 4.68 Å². The van der Waals surface area contributed by atoms with E-state index in [4.69, 9.17) is 4.42 Å². The molecule has 170 valence electrons. The lowest BCUT2D eigenvalue weighted by Crippen LogP contribution is -2.36. The van der Waals surface area contributed by atoms with E-state index in [1.54, 1.807) is 42.9 Å². The third kappa shape index (κ3) is 3.65. The quantitative estimate of drug-likeness (QED) is 0.455. The maximum atomic E-state index is 14.1. The molecule has 2 aromatic heterocycles. The average molecular weight is 468 g/mol. The first-order chi connectivity index (χ1) is 15.8. The second-order valence-corrected chi connectivity index (χ2v) is 10.1. The van der Waals surface area contributed by atoms with Crippen LogP contribution in [0.1, 0.15) is 22.4 Å². The Morgan fingerprint density at radius 2 is 1.82 bits per heavy atom. The molecular formula is C23H22FN5O3S. The van der Waals surface area contributed by atoms with Crippen molar-refractivity contribution in [3.63, 3.8) is 0 Å². The van der Waals surface area contributed by atoms with Gasteiger partial charge >= 0.3 is 0 Å². The van der Waals surface area contributed by atoms with E-state index < -0.39 is 15.8 Å². The summed E-state index contributed by atoms with van der Waals surface area (Å²) in [4.78, 5) is 0.302. The van der Waals surface area contributed by atoms with Gasteiger partial charge in [0.25, 0.3) is 11.8 Å². The summed E-state index contributed by atoms with van der Waals surface area (Å²) < 4.78 is 50.0. The van der Waals surface area contributed by atoms with Gasteiger partial charge in [0, 0.05) is 37.8 Å². The Kier molecular flexibility index (Phi) is 5.13. The van der Waals surface area contributed by atoms with Crippen LogP contribution in [0.25, 0.3) is 23.0 Å². The van der Waals surface area contributed by atoms with Crippen molar-refractivity contribution in [3.05, 3.63) is 70.7 Å². The van der Waals surface area contributed by atoms with Gasteiger partial charge in [-0.25, -0.2) is 12.8 Å². The molecule has 0 spiro atoms. The molecule has 2 aromatic carbocycles. The summed E-state index contributed by atoms with van der Waals surface area (Å²) in [6, 6.07) is 11.5. The lowest BCUT2D eigenvalue weighted by Gasteiger charge is -2.27. The fourth-order valence-corrected chi connectivity index (χ4v) is 5.85. The van der Waals surface area contributed by atoms with Crippen molar-refractivity contribution in [2.75, 3.05) is 6.54 Å². The fraction of sp³-hybridized carbons (Fsp3) is 0.261. The van der Waals surface area contributed by atoms with Crippen LogP contribution in [-0.4, -0.2) is 39.2 Å². The molecule has 0 unspecified atom stereocenters. The van der Waals surface area contributed by atoms with Crippen LogP contribution in [0.4, 0.5) is 4.39 Å². The molecule has 4 aromatic rings. The van der Waals surface area contributed by atoms with Gasteiger partial charge in [0.05, 0.1) is 10.5 Å². The van der Waals surface area contributed by atoms with E-state index in [1.165, 1.54) is 10.4 Å². The molecule has 0 aliphatic carbocycles. The largest absolute Gasteiger partial charge is 0.414 e. The maximum Gasteiger partial charge on any atom is 0.268 e. The van der Waals surface area contributed by atoms with Gasteiger partial charge in [-0.15, -0.1) is 10.2 Å². The first-order valence-corrected chi connectivity index (χ1v) is 11.9. The van der Waals surface area contributed by atoms with Crippen molar-refractivity contribution >= 4 is 10.0 Å². The number of rotatable bonds is 4. The minimum Gasteiger partial charge on any atom is -0.414 e. The highest BCUT2D eigenvalue weighted by Gasteiger charge is 2.34. The molecule has 8 nitrogen and oxygen atoms in total. The molecule has 0 N–H and O–H groups in total. The van der Waals surface area contributed by atoms with Crippen LogP contribution in [0.2, 0.25) is 0 Å². The lowest BCUT2D eigenvalue weighted by atomic mass is 10.1. The van der Waals surface area contributed by atoms with Gasteiger partial charge in [0.1, 0.15) is 5.82 Å². The molecule has 0 saturated carbocycles. The van der Waals surface area contributed by atoms with Crippen LogP contribution in [0.15, 0.2) is 51.8 Å². The van der Waals surface area contributed by atoms with Crippen LogP contribution in [0, 0.1) is 19.7 Å². The summed E-state index contributed by atoms with van der Waals surface area (Å²) in [5, 5.41) is 12.6. The Balaban J connectivity index is 1.52. The summed E-state index contributed by atoms with van der Waals surface area (Å²) in [5.74, 6) is -0.309. The van der Waals surface area contributed by atoms with Gasteiger partial charge in [-0.05, 0) is 43.2 Å². The Labute approximate surface area is 190 Å². The molecule has 0 atom stereocenters. The molecule has 1 aliphatic heterocycles. The molecular weight excluding hydrogens is 445 g/mol. The van der Waals surface area contributed by atoms with Crippen LogP contribution in [0.3, 0.4) is 0 Å². The number of aryl methyl sites for hydroxylation is 3. The zero-order valence-electron chi connectivity index (χ0n) is 18.4. The van der Waals surface area contributed by atoms with Crippen molar-refractivity contribution in [2.45, 2.75) is 31.7 Å². The second-order valence-electron chi connectivity index (χ2n) is 8.15. The Bertz CT molecular complexity index is 1480. The third-order valence-corrected chi connectivity index (χ3v) is 7.89. The summed E-state index contributed by atoms with van der Waals surface area (Å²) >= 11 is 0. The van der Waals surface area contributed by atoms with Crippen LogP contribution >= 0.6 is 0 Å². The highest BCUT2D eigenvalue weighted by atomic mass is 32.2. The number of benzene rings is 2. The molecule has 0 radical (unpaired) electrons. The number of sulfonamides is 1. The number of aromatic nitrogens is 4. The normalized spacial score (nSPS) is 14.4. The number of hydrogen-bond donors (Lipinski definition) is 0. The van der Waals surface area contributed by atoms with Gasteiger partial charge in [-0.2, -0.15) is 9.40 Å². The van der Waals surface area contributed by atoms with Gasteiger partial charge in [0.2, 0.25) is 10.0 Å². The molecule has 5 rings (SSSR count). The van der Waals surface area contributed by atoms with E-state index >= 15 is 0 Å². The number of fused-ring (bicyclic) bond motifs is 1. The first kappa shape index (κ1) is 21.5. The van der Waals surface area contributed by atoms with E-state index in [9.17, 15) is 12.8 Å². The third-order valence-electron chi connectivity index (χ3n) is 5.90. The zero-order chi connectivity index (χ0) is 23.3. The summed E-state index contributed by atoms with van der Waals surface area (Å²) in [6.45, 7) is 4.13. The molecule has 0 fully saturated rings. The standard InChI is InChI=1S/C23H22FN5O3S/c1-14-8-9-15(2)20(12-14)33(30,31)29-11-10-19-17(13-29)21(27-28(19)3)23-26-25-22(32-23)16-6-4-5-7-18(16)24/h4-9,12H,10-11,13H2,1-3H3. The molecule has 33 heavy (non-hydrogen) atoms. The number of halogens is 1. The van der Waals surface area contributed by atoms with Crippen molar-refractivity contribution in [2.24, 2.45) is 7.05 Å². The lowest BCUT2D eigenvalue weighted by molar-refractivity contribution is 0.385. The van der Waals surface area contributed by atoms with Crippen molar-refractivity contribution in [1.29, 1.82) is 0 Å². The number of nitrogens with zero attached hydrogens (tertiary/aromatic N) is 5. The molecule has 0 bridgehead atoms. The van der Waals surface area contributed by atoms with E-state index in [0.29, 0.717) is 34.7 Å². The maximum absolute atomic E-state index is 14.1. The predicted octanol–water partition coefficient (Wildman–Crippen LogP) is 3.64. The van der Waals surface area contributed by atoms with Crippen molar-refractivity contribution in [1.82, 2.24) is 24.3 Å². The van der Waals surface area contributed by atoms with Gasteiger partial charge in [-0.1, -0.05) is 24.3 Å².